The number of piperidine rings is 1. The average Bonchev–Trinajstić information content (AvgIpc) is 2.76. The molecule has 2 rings (SSSR count). The monoisotopic (exact) mass is 329 g/mol. The molecule has 1 saturated heterocycles. The molecule has 7 heteroatoms. The van der Waals surface area contributed by atoms with E-state index in [1.807, 2.05) is 11.7 Å². The molecule has 0 spiro atoms. The molecule has 1 aliphatic rings. The summed E-state index contributed by atoms with van der Waals surface area (Å²) in [5, 5.41) is 7.41. The van der Waals surface area contributed by atoms with E-state index >= 15 is 0 Å². The Morgan fingerprint density at radius 2 is 2.27 bits per heavy atom. The molecule has 0 bridgehead atoms. The minimum Gasteiger partial charge on any atom is -0.354 e. The highest BCUT2D eigenvalue weighted by Gasteiger charge is 2.23. The lowest BCUT2D eigenvalue weighted by Gasteiger charge is -2.35. The van der Waals surface area contributed by atoms with Crippen molar-refractivity contribution in [3.63, 3.8) is 0 Å². The molecule has 1 aliphatic heterocycles. The van der Waals surface area contributed by atoms with Crippen molar-refractivity contribution in [2.45, 2.75) is 45.2 Å². The number of hydrogen-bond acceptors (Lipinski definition) is 4. The van der Waals surface area contributed by atoms with Crippen LogP contribution in [0.15, 0.2) is 6.20 Å². The second kappa shape index (κ2) is 9.12. The topological polar surface area (TPSA) is 76.2 Å². The van der Waals surface area contributed by atoms with E-state index in [2.05, 4.69) is 28.4 Å². The van der Waals surface area contributed by atoms with Gasteiger partial charge in [0.05, 0.1) is 5.69 Å². The van der Waals surface area contributed by atoms with Crippen LogP contribution in [-0.2, 0) is 18.4 Å². The highest BCUT2D eigenvalue weighted by atomic mass is 35.5. The third-order valence-electron chi connectivity index (χ3n) is 4.14. The molecule has 0 aromatic carbocycles. The Kier molecular flexibility index (Phi) is 7.85. The minimum atomic E-state index is 0. The fraction of sp³-hybridized carbons (Fsp3) is 0.733. The summed E-state index contributed by atoms with van der Waals surface area (Å²) in [5.74, 6) is 0.0561. The number of aromatic nitrogens is 2. The van der Waals surface area contributed by atoms with Crippen LogP contribution in [0.5, 0.6) is 0 Å². The first-order chi connectivity index (χ1) is 10.1. The number of carbonyl (C=O) groups excluding carboxylic acids is 1. The lowest BCUT2D eigenvalue weighted by atomic mass is 10.0. The predicted octanol–water partition coefficient (Wildman–Crippen LogP) is 0.970. The molecule has 6 nitrogen and oxygen atoms in total. The van der Waals surface area contributed by atoms with Crippen LogP contribution in [0.3, 0.4) is 0 Å². The van der Waals surface area contributed by atoms with Gasteiger partial charge < -0.3 is 11.1 Å². The summed E-state index contributed by atoms with van der Waals surface area (Å²) in [7, 11) is 1.96. The van der Waals surface area contributed by atoms with E-state index in [1.165, 1.54) is 18.4 Å². The second-order valence-electron chi connectivity index (χ2n) is 5.88. The molecule has 22 heavy (non-hydrogen) atoms. The van der Waals surface area contributed by atoms with Crippen molar-refractivity contribution in [1.29, 1.82) is 0 Å². The van der Waals surface area contributed by atoms with Crippen LogP contribution < -0.4 is 11.1 Å². The Labute approximate surface area is 138 Å². The van der Waals surface area contributed by atoms with Crippen molar-refractivity contribution in [2.75, 3.05) is 19.6 Å². The Morgan fingerprint density at radius 1 is 1.50 bits per heavy atom. The number of likely N-dealkylation sites (tertiary alicyclic amines) is 1. The van der Waals surface area contributed by atoms with Gasteiger partial charge in [0.1, 0.15) is 0 Å². The number of aryl methyl sites for hydroxylation is 2. The molecule has 0 aliphatic carbocycles. The standard InChI is InChI=1S/C15H27N5O.ClH/c1-12-13(10-19(2)18-12)11-20-8-4-3-5-14(20)9-17-15(21)6-7-16;/h10,14H,3-9,11,16H2,1-2H3,(H,17,21);1H. The quantitative estimate of drug-likeness (QED) is 0.815. The average molecular weight is 330 g/mol. The van der Waals surface area contributed by atoms with Crippen LogP contribution in [0.25, 0.3) is 0 Å². The first-order valence-corrected chi connectivity index (χ1v) is 7.80. The van der Waals surface area contributed by atoms with Gasteiger partial charge >= 0.3 is 0 Å². The Morgan fingerprint density at radius 3 is 2.91 bits per heavy atom. The summed E-state index contributed by atoms with van der Waals surface area (Å²) in [4.78, 5) is 14.1. The number of nitrogens with zero attached hydrogens (tertiary/aromatic N) is 3. The third-order valence-corrected chi connectivity index (χ3v) is 4.14. The highest BCUT2D eigenvalue weighted by molar-refractivity contribution is 5.85. The lowest BCUT2D eigenvalue weighted by molar-refractivity contribution is -0.121. The van der Waals surface area contributed by atoms with Gasteiger partial charge in [-0.3, -0.25) is 14.4 Å². The van der Waals surface area contributed by atoms with Crippen molar-refractivity contribution < 1.29 is 4.79 Å². The van der Waals surface area contributed by atoms with Crippen LogP contribution in [0.4, 0.5) is 0 Å². The van der Waals surface area contributed by atoms with E-state index < -0.39 is 0 Å². The van der Waals surface area contributed by atoms with Gasteiger partial charge in [-0.2, -0.15) is 5.10 Å². The molecular formula is C15H28ClN5O. The summed E-state index contributed by atoms with van der Waals surface area (Å²) >= 11 is 0. The molecule has 2 heterocycles. The number of rotatable bonds is 6. The van der Waals surface area contributed by atoms with Crippen LogP contribution >= 0.6 is 12.4 Å². The van der Waals surface area contributed by atoms with Crippen molar-refractivity contribution >= 4 is 18.3 Å². The zero-order valence-corrected chi connectivity index (χ0v) is 14.4. The van der Waals surface area contributed by atoms with Crippen molar-refractivity contribution in [3.8, 4) is 0 Å². The van der Waals surface area contributed by atoms with E-state index in [9.17, 15) is 4.79 Å². The number of halogens is 1. The van der Waals surface area contributed by atoms with Crippen molar-refractivity contribution in [2.24, 2.45) is 12.8 Å². The maximum atomic E-state index is 11.6. The number of amides is 1. The van der Waals surface area contributed by atoms with E-state index in [4.69, 9.17) is 5.73 Å². The summed E-state index contributed by atoms with van der Waals surface area (Å²) < 4.78 is 1.87. The van der Waals surface area contributed by atoms with Crippen molar-refractivity contribution in [3.05, 3.63) is 17.5 Å². The summed E-state index contributed by atoms with van der Waals surface area (Å²) in [6.07, 6.45) is 6.11. The fourth-order valence-corrected chi connectivity index (χ4v) is 2.97. The zero-order chi connectivity index (χ0) is 15.2. The molecular weight excluding hydrogens is 302 g/mol. The molecule has 1 fully saturated rings. The maximum Gasteiger partial charge on any atom is 0.221 e. The van der Waals surface area contributed by atoms with E-state index in [-0.39, 0.29) is 18.3 Å². The first kappa shape index (κ1) is 18.9. The zero-order valence-electron chi connectivity index (χ0n) is 13.5. The molecule has 3 N–H and O–H groups in total. The van der Waals surface area contributed by atoms with Crippen LogP contribution in [0.1, 0.15) is 36.9 Å². The van der Waals surface area contributed by atoms with Crippen LogP contribution in [-0.4, -0.2) is 46.3 Å². The summed E-state index contributed by atoms with van der Waals surface area (Å²) in [5.41, 5.74) is 7.77. The Balaban J connectivity index is 0.00000242. The first-order valence-electron chi connectivity index (χ1n) is 7.80. The van der Waals surface area contributed by atoms with Gasteiger partial charge in [-0.15, -0.1) is 12.4 Å². The smallest absolute Gasteiger partial charge is 0.221 e. The number of nitrogens with two attached hydrogens (primary N) is 1. The Hall–Kier alpha value is -1.11. The molecule has 1 unspecified atom stereocenters. The van der Waals surface area contributed by atoms with Gasteiger partial charge in [0, 0.05) is 50.9 Å². The van der Waals surface area contributed by atoms with Gasteiger partial charge in [-0.25, -0.2) is 0 Å². The highest BCUT2D eigenvalue weighted by Crippen LogP contribution is 2.20. The van der Waals surface area contributed by atoms with E-state index in [1.54, 1.807) is 0 Å². The molecule has 0 saturated carbocycles. The summed E-state index contributed by atoms with van der Waals surface area (Å²) in [6.45, 7) is 5.19. The third kappa shape index (κ3) is 5.26. The molecule has 1 amide bonds. The number of nitrogens with one attached hydrogen (secondary N) is 1. The van der Waals surface area contributed by atoms with Gasteiger partial charge in [0.15, 0.2) is 0 Å². The second-order valence-corrected chi connectivity index (χ2v) is 5.88. The van der Waals surface area contributed by atoms with E-state index in [0.29, 0.717) is 19.0 Å². The largest absolute Gasteiger partial charge is 0.354 e. The summed E-state index contributed by atoms with van der Waals surface area (Å²) in [6, 6.07) is 0.417. The maximum absolute atomic E-state index is 11.6. The molecule has 0 radical (unpaired) electrons. The molecule has 1 atom stereocenters. The van der Waals surface area contributed by atoms with Gasteiger partial charge in [-0.05, 0) is 26.3 Å². The van der Waals surface area contributed by atoms with Gasteiger partial charge in [0.2, 0.25) is 5.91 Å². The fourth-order valence-electron chi connectivity index (χ4n) is 2.97. The predicted molar refractivity (Wildman–Crippen MR) is 89.9 cm³/mol. The normalized spacial score (nSPS) is 18.8. The van der Waals surface area contributed by atoms with Crippen molar-refractivity contribution in [1.82, 2.24) is 20.0 Å². The molecule has 1 aromatic heterocycles. The SMILES string of the molecule is Cc1nn(C)cc1CN1CCCCC1CNC(=O)CCN.Cl. The van der Waals surface area contributed by atoms with Gasteiger partial charge in [0.25, 0.3) is 0 Å². The van der Waals surface area contributed by atoms with Crippen LogP contribution in [0.2, 0.25) is 0 Å². The van der Waals surface area contributed by atoms with E-state index in [0.717, 1.165) is 31.7 Å². The lowest BCUT2D eigenvalue weighted by Crippen LogP contribution is -2.46. The van der Waals surface area contributed by atoms with Crippen LogP contribution in [0, 0.1) is 6.92 Å². The van der Waals surface area contributed by atoms with Gasteiger partial charge in [-0.1, -0.05) is 6.42 Å². The molecule has 1 aromatic rings. The number of hydrogen-bond donors (Lipinski definition) is 2. The minimum absolute atomic E-state index is 0. The Bertz CT molecular complexity index is 476. The number of carbonyl (C=O) groups is 1. The molecule has 126 valence electrons.